The number of aromatic nitrogens is 1. The molecule has 0 saturated carbocycles. The SMILES string of the molecule is CC[C@@H](C(=O)NCCc1cscn1)c1cccc(C(F)(F)F)c1. The van der Waals surface area contributed by atoms with Crippen molar-refractivity contribution in [2.75, 3.05) is 6.54 Å². The number of alkyl halides is 3. The van der Waals surface area contributed by atoms with Crippen molar-refractivity contribution >= 4 is 17.2 Å². The van der Waals surface area contributed by atoms with E-state index in [0.29, 0.717) is 24.9 Å². The second kappa shape index (κ2) is 7.59. The molecule has 124 valence electrons. The van der Waals surface area contributed by atoms with Crippen LogP contribution in [0.3, 0.4) is 0 Å². The Balaban J connectivity index is 2.02. The number of nitrogens with zero attached hydrogens (tertiary/aromatic N) is 1. The Labute approximate surface area is 136 Å². The van der Waals surface area contributed by atoms with Gasteiger partial charge in [0.2, 0.25) is 5.91 Å². The van der Waals surface area contributed by atoms with E-state index in [-0.39, 0.29) is 5.91 Å². The molecule has 0 unspecified atom stereocenters. The molecule has 3 nitrogen and oxygen atoms in total. The molecule has 1 aromatic carbocycles. The summed E-state index contributed by atoms with van der Waals surface area (Å²) in [6.45, 7) is 2.20. The molecule has 0 fully saturated rings. The van der Waals surface area contributed by atoms with E-state index in [1.165, 1.54) is 17.4 Å². The van der Waals surface area contributed by atoms with Crippen LogP contribution in [0, 0.1) is 0 Å². The molecule has 2 aromatic rings. The van der Waals surface area contributed by atoms with Gasteiger partial charge in [-0.05, 0) is 18.1 Å². The summed E-state index contributed by atoms with van der Waals surface area (Å²) in [5.41, 5.74) is 2.26. The topological polar surface area (TPSA) is 42.0 Å². The fraction of sp³-hybridized carbons (Fsp3) is 0.375. The van der Waals surface area contributed by atoms with Gasteiger partial charge in [0.1, 0.15) is 0 Å². The van der Waals surface area contributed by atoms with Crippen LogP contribution in [0.15, 0.2) is 35.2 Å². The van der Waals surface area contributed by atoms with Crippen LogP contribution in [-0.4, -0.2) is 17.4 Å². The zero-order valence-electron chi connectivity index (χ0n) is 12.6. The molecule has 7 heteroatoms. The fourth-order valence-electron chi connectivity index (χ4n) is 2.30. The Kier molecular flexibility index (Phi) is 5.76. The second-order valence-electron chi connectivity index (χ2n) is 5.10. The van der Waals surface area contributed by atoms with Crippen LogP contribution in [0.5, 0.6) is 0 Å². The molecule has 0 spiro atoms. The first-order chi connectivity index (χ1) is 10.9. The summed E-state index contributed by atoms with van der Waals surface area (Å²) in [4.78, 5) is 16.4. The lowest BCUT2D eigenvalue weighted by Crippen LogP contribution is -2.31. The van der Waals surface area contributed by atoms with Crippen LogP contribution >= 0.6 is 11.3 Å². The number of benzene rings is 1. The molecule has 1 atom stereocenters. The molecular weight excluding hydrogens is 325 g/mol. The van der Waals surface area contributed by atoms with Crippen LogP contribution in [-0.2, 0) is 17.4 Å². The minimum absolute atomic E-state index is 0.262. The van der Waals surface area contributed by atoms with Gasteiger partial charge in [0.25, 0.3) is 0 Å². The number of rotatable bonds is 6. The first-order valence-electron chi connectivity index (χ1n) is 7.23. The van der Waals surface area contributed by atoms with Gasteiger partial charge in [-0.15, -0.1) is 11.3 Å². The van der Waals surface area contributed by atoms with Crippen molar-refractivity contribution < 1.29 is 18.0 Å². The highest BCUT2D eigenvalue weighted by molar-refractivity contribution is 7.07. The number of nitrogens with one attached hydrogen (secondary N) is 1. The lowest BCUT2D eigenvalue weighted by molar-refractivity contribution is -0.137. The quantitative estimate of drug-likeness (QED) is 0.862. The molecule has 0 aliphatic carbocycles. The number of halogens is 3. The van der Waals surface area contributed by atoms with Gasteiger partial charge in [-0.1, -0.05) is 25.1 Å². The van der Waals surface area contributed by atoms with Crippen LogP contribution < -0.4 is 5.32 Å². The van der Waals surface area contributed by atoms with Crippen molar-refractivity contribution in [1.82, 2.24) is 10.3 Å². The number of hydrogen-bond acceptors (Lipinski definition) is 3. The van der Waals surface area contributed by atoms with E-state index in [1.54, 1.807) is 18.5 Å². The summed E-state index contributed by atoms with van der Waals surface area (Å²) >= 11 is 1.48. The molecule has 1 N–H and O–H groups in total. The third-order valence-corrected chi connectivity index (χ3v) is 4.14. The van der Waals surface area contributed by atoms with Crippen LogP contribution in [0.4, 0.5) is 13.2 Å². The van der Waals surface area contributed by atoms with Crippen molar-refractivity contribution in [3.8, 4) is 0 Å². The van der Waals surface area contributed by atoms with E-state index in [1.807, 2.05) is 5.38 Å². The third-order valence-electron chi connectivity index (χ3n) is 3.50. The Morgan fingerprint density at radius 2 is 2.17 bits per heavy atom. The molecule has 2 rings (SSSR count). The Bertz CT molecular complexity index is 641. The van der Waals surface area contributed by atoms with Gasteiger partial charge in [0.05, 0.1) is 22.7 Å². The minimum Gasteiger partial charge on any atom is -0.355 e. The van der Waals surface area contributed by atoms with Gasteiger partial charge in [0.15, 0.2) is 0 Å². The lowest BCUT2D eigenvalue weighted by atomic mass is 9.94. The predicted octanol–water partition coefficient (Wildman–Crippen LogP) is 4.01. The van der Waals surface area contributed by atoms with E-state index in [4.69, 9.17) is 0 Å². The standard InChI is InChI=1S/C16H17F3N2OS/c1-2-14(11-4-3-5-12(8-11)16(17,18)19)15(22)20-7-6-13-9-23-10-21-13/h3-5,8-10,14H,2,6-7H2,1H3,(H,20,22)/t14-/m1/s1. The first kappa shape index (κ1) is 17.5. The Hall–Kier alpha value is -1.89. The highest BCUT2D eigenvalue weighted by Crippen LogP contribution is 2.31. The molecule has 1 heterocycles. The minimum atomic E-state index is -4.41. The second-order valence-corrected chi connectivity index (χ2v) is 5.82. The molecule has 23 heavy (non-hydrogen) atoms. The highest BCUT2D eigenvalue weighted by Gasteiger charge is 2.31. The first-order valence-corrected chi connectivity index (χ1v) is 8.18. The summed E-state index contributed by atoms with van der Waals surface area (Å²) in [6, 6.07) is 4.96. The van der Waals surface area contributed by atoms with Crippen LogP contribution in [0.25, 0.3) is 0 Å². The number of carbonyl (C=O) groups is 1. The van der Waals surface area contributed by atoms with E-state index in [9.17, 15) is 18.0 Å². The molecule has 1 amide bonds. The summed E-state index contributed by atoms with van der Waals surface area (Å²) in [5.74, 6) is -0.852. The number of thiazole rings is 1. The molecule has 0 radical (unpaired) electrons. The summed E-state index contributed by atoms with van der Waals surface area (Å²) in [5, 5.41) is 4.67. The van der Waals surface area contributed by atoms with Gasteiger partial charge in [-0.25, -0.2) is 4.98 Å². The molecule has 0 bridgehead atoms. The van der Waals surface area contributed by atoms with Gasteiger partial charge >= 0.3 is 6.18 Å². The van der Waals surface area contributed by atoms with Crippen molar-refractivity contribution in [1.29, 1.82) is 0 Å². The van der Waals surface area contributed by atoms with Crippen molar-refractivity contribution in [2.24, 2.45) is 0 Å². The molecule has 0 aliphatic rings. The Morgan fingerprint density at radius 3 is 2.78 bits per heavy atom. The highest BCUT2D eigenvalue weighted by atomic mass is 32.1. The normalized spacial score (nSPS) is 12.9. The fourth-order valence-corrected chi connectivity index (χ4v) is 2.90. The zero-order chi connectivity index (χ0) is 16.9. The molecule has 0 aliphatic heterocycles. The maximum Gasteiger partial charge on any atom is 0.416 e. The van der Waals surface area contributed by atoms with E-state index in [2.05, 4.69) is 10.3 Å². The number of carbonyl (C=O) groups excluding carboxylic acids is 1. The predicted molar refractivity (Wildman–Crippen MR) is 83.3 cm³/mol. The van der Waals surface area contributed by atoms with Gasteiger partial charge in [-0.2, -0.15) is 13.2 Å². The molecular formula is C16H17F3N2OS. The average Bonchev–Trinajstić information content (AvgIpc) is 3.01. The smallest absolute Gasteiger partial charge is 0.355 e. The van der Waals surface area contributed by atoms with Gasteiger partial charge in [0, 0.05) is 18.3 Å². The number of amides is 1. The zero-order valence-corrected chi connectivity index (χ0v) is 13.4. The summed E-state index contributed by atoms with van der Waals surface area (Å²) in [7, 11) is 0. The maximum atomic E-state index is 12.8. The average molecular weight is 342 g/mol. The maximum absolute atomic E-state index is 12.8. The van der Waals surface area contributed by atoms with Gasteiger partial charge in [-0.3, -0.25) is 4.79 Å². The van der Waals surface area contributed by atoms with Gasteiger partial charge < -0.3 is 5.32 Å². The largest absolute Gasteiger partial charge is 0.416 e. The Morgan fingerprint density at radius 1 is 1.39 bits per heavy atom. The lowest BCUT2D eigenvalue weighted by Gasteiger charge is -2.17. The summed E-state index contributed by atoms with van der Waals surface area (Å²) < 4.78 is 38.4. The number of hydrogen-bond donors (Lipinski definition) is 1. The third kappa shape index (κ3) is 4.79. The monoisotopic (exact) mass is 342 g/mol. The van der Waals surface area contributed by atoms with Crippen molar-refractivity contribution in [3.63, 3.8) is 0 Å². The van der Waals surface area contributed by atoms with Crippen LogP contribution in [0.1, 0.15) is 36.1 Å². The molecule has 1 aromatic heterocycles. The van der Waals surface area contributed by atoms with E-state index in [0.717, 1.165) is 17.8 Å². The van der Waals surface area contributed by atoms with Crippen LogP contribution in [0.2, 0.25) is 0 Å². The van der Waals surface area contributed by atoms with Crippen molar-refractivity contribution in [3.05, 3.63) is 52.0 Å². The summed E-state index contributed by atoms with van der Waals surface area (Å²) in [6.07, 6.45) is -3.37. The molecule has 0 saturated heterocycles. The van der Waals surface area contributed by atoms with E-state index < -0.39 is 17.7 Å². The van der Waals surface area contributed by atoms with Crippen molar-refractivity contribution in [2.45, 2.75) is 31.9 Å². The van der Waals surface area contributed by atoms with E-state index >= 15 is 0 Å².